The number of aromatic nitrogens is 2. The van der Waals surface area contributed by atoms with Crippen LogP contribution >= 0.6 is 23.2 Å². The van der Waals surface area contributed by atoms with Crippen molar-refractivity contribution >= 4 is 57.8 Å². The number of nitrogens with one attached hydrogen (secondary N) is 1. The summed E-state index contributed by atoms with van der Waals surface area (Å²) >= 11 is 12.7. The zero-order valence-electron chi connectivity index (χ0n) is 21.2. The summed E-state index contributed by atoms with van der Waals surface area (Å²) in [5, 5.41) is 9.23. The van der Waals surface area contributed by atoms with E-state index < -0.39 is 6.04 Å². The van der Waals surface area contributed by atoms with Crippen LogP contribution < -0.4 is 10.2 Å². The molecule has 0 saturated heterocycles. The zero-order valence-corrected chi connectivity index (χ0v) is 22.7. The monoisotopic (exact) mass is 566 g/mol. The van der Waals surface area contributed by atoms with Crippen LogP contribution in [0.25, 0.3) is 5.69 Å². The van der Waals surface area contributed by atoms with Crippen LogP contribution in [-0.2, 0) is 0 Å². The fourth-order valence-electron chi connectivity index (χ4n) is 5.26. The number of halogens is 3. The third kappa shape index (κ3) is 3.97. The number of benzene rings is 4. The van der Waals surface area contributed by atoms with Crippen LogP contribution in [0.4, 0.5) is 27.3 Å². The first-order valence-corrected chi connectivity index (χ1v) is 13.4. The number of anilines is 2. The molecular weight excluding hydrogens is 546 g/mol. The molecule has 0 unspecified atom stereocenters. The summed E-state index contributed by atoms with van der Waals surface area (Å²) in [5.74, 6) is 1.28. The van der Waals surface area contributed by atoms with Gasteiger partial charge in [-0.05, 0) is 55.5 Å². The van der Waals surface area contributed by atoms with E-state index in [1.54, 1.807) is 28.9 Å². The smallest absolute Gasteiger partial charge is 0.179 e. The molecule has 1 aromatic heterocycles. The molecule has 7 rings (SSSR count). The van der Waals surface area contributed by atoms with Crippen molar-refractivity contribution in [3.63, 3.8) is 0 Å². The molecule has 40 heavy (non-hydrogen) atoms. The predicted molar refractivity (Wildman–Crippen MR) is 160 cm³/mol. The lowest BCUT2D eigenvalue weighted by Gasteiger charge is -2.41. The van der Waals surface area contributed by atoms with Gasteiger partial charge in [-0.1, -0.05) is 71.7 Å². The Morgan fingerprint density at radius 2 is 1.65 bits per heavy atom. The van der Waals surface area contributed by atoms with Gasteiger partial charge in [-0.2, -0.15) is 5.10 Å². The SMILES string of the molecule is Cc1nn(-c2ccccc2)c2c1[C@H](c1ccccc1F)N1C(=N2)C(=Nc2ccc(Cl)cc2Cl)Nc2ccccc21. The minimum atomic E-state index is -0.560. The Kier molecular flexibility index (Phi) is 5.91. The molecule has 0 aliphatic carbocycles. The Bertz CT molecular complexity index is 1850. The number of hydrogen-bond donors (Lipinski definition) is 1. The van der Waals surface area contributed by atoms with Crippen molar-refractivity contribution in [1.29, 1.82) is 0 Å². The van der Waals surface area contributed by atoms with Gasteiger partial charge in [-0.15, -0.1) is 0 Å². The van der Waals surface area contributed by atoms with Gasteiger partial charge in [0.2, 0.25) is 0 Å². The molecule has 0 bridgehead atoms. The Balaban J connectivity index is 1.55. The highest BCUT2D eigenvalue weighted by Crippen LogP contribution is 2.48. The molecule has 9 heteroatoms. The van der Waals surface area contributed by atoms with Crippen molar-refractivity contribution in [3.8, 4) is 5.69 Å². The highest BCUT2D eigenvalue weighted by atomic mass is 35.5. The van der Waals surface area contributed by atoms with Crippen molar-refractivity contribution in [3.05, 3.63) is 130 Å². The van der Waals surface area contributed by atoms with E-state index in [1.807, 2.05) is 78.6 Å². The minimum Gasteiger partial charge on any atom is -0.335 e. The van der Waals surface area contributed by atoms with Gasteiger partial charge in [0.25, 0.3) is 0 Å². The van der Waals surface area contributed by atoms with Gasteiger partial charge in [-0.3, -0.25) is 0 Å². The maximum Gasteiger partial charge on any atom is 0.179 e. The number of amidine groups is 2. The molecule has 0 spiro atoms. The van der Waals surface area contributed by atoms with Crippen molar-refractivity contribution in [2.45, 2.75) is 13.0 Å². The lowest BCUT2D eigenvalue weighted by molar-refractivity contribution is 0.597. The van der Waals surface area contributed by atoms with Gasteiger partial charge >= 0.3 is 0 Å². The maximum atomic E-state index is 15.6. The van der Waals surface area contributed by atoms with Crippen LogP contribution in [0, 0.1) is 12.7 Å². The van der Waals surface area contributed by atoms with E-state index in [0.29, 0.717) is 38.8 Å². The minimum absolute atomic E-state index is 0.318. The van der Waals surface area contributed by atoms with E-state index in [1.165, 1.54) is 6.07 Å². The summed E-state index contributed by atoms with van der Waals surface area (Å²) in [4.78, 5) is 12.1. The molecule has 0 saturated carbocycles. The second-order valence-corrected chi connectivity index (χ2v) is 10.3. The molecule has 0 radical (unpaired) electrons. The number of aryl methyl sites for hydroxylation is 1. The first-order valence-electron chi connectivity index (χ1n) is 12.7. The number of fused-ring (bicyclic) bond motifs is 4. The molecule has 1 N–H and O–H groups in total. The molecule has 5 aromatic rings. The molecule has 6 nitrogen and oxygen atoms in total. The molecule has 0 fully saturated rings. The first kappa shape index (κ1) is 24.6. The zero-order chi connectivity index (χ0) is 27.4. The average Bonchev–Trinajstić information content (AvgIpc) is 3.30. The van der Waals surface area contributed by atoms with Gasteiger partial charge in [0.1, 0.15) is 5.82 Å². The summed E-state index contributed by atoms with van der Waals surface area (Å²) < 4.78 is 17.4. The molecular formula is C31H21Cl2FN6. The Morgan fingerprint density at radius 1 is 0.900 bits per heavy atom. The van der Waals surface area contributed by atoms with Gasteiger partial charge < -0.3 is 10.2 Å². The van der Waals surface area contributed by atoms with Gasteiger partial charge in [0.05, 0.1) is 39.5 Å². The standard InChI is InChI=1S/C31H21Cl2FN6/c1-18-27-28(21-11-5-6-12-23(21)34)39-26-14-8-7-13-25(26)36-29(35-24-16-15-19(32)17-22(24)33)31(39)37-30(27)40(38-18)20-9-3-2-4-10-20/h2-17,28H,1H3,(H,35,36)/t28-/m0/s1. The summed E-state index contributed by atoms with van der Waals surface area (Å²) in [6.45, 7) is 1.93. The molecule has 4 aromatic carbocycles. The molecule has 0 amide bonds. The van der Waals surface area contributed by atoms with Crippen LogP contribution in [0.5, 0.6) is 0 Å². The third-order valence-corrected chi connectivity index (χ3v) is 7.56. The number of rotatable bonds is 3. The van der Waals surface area contributed by atoms with E-state index in [9.17, 15) is 0 Å². The van der Waals surface area contributed by atoms with E-state index in [2.05, 4.69) is 5.32 Å². The first-order chi connectivity index (χ1) is 19.5. The maximum absolute atomic E-state index is 15.6. The number of para-hydroxylation sites is 3. The van der Waals surface area contributed by atoms with Crippen molar-refractivity contribution in [1.82, 2.24) is 9.78 Å². The van der Waals surface area contributed by atoms with Crippen molar-refractivity contribution in [2.24, 2.45) is 9.98 Å². The van der Waals surface area contributed by atoms with Crippen molar-refractivity contribution < 1.29 is 4.39 Å². The van der Waals surface area contributed by atoms with Crippen LogP contribution in [-0.4, -0.2) is 21.5 Å². The van der Waals surface area contributed by atoms with E-state index >= 15 is 4.39 Å². The number of hydrogen-bond acceptors (Lipinski definition) is 4. The molecule has 3 heterocycles. The highest BCUT2D eigenvalue weighted by Gasteiger charge is 2.42. The number of nitrogens with zero attached hydrogens (tertiary/aromatic N) is 5. The number of aliphatic imine (C=N–C) groups is 2. The summed E-state index contributed by atoms with van der Waals surface area (Å²) in [5.41, 5.74) is 5.10. The Hall–Kier alpha value is -4.46. The highest BCUT2D eigenvalue weighted by molar-refractivity contribution is 6.52. The largest absolute Gasteiger partial charge is 0.335 e. The second-order valence-electron chi connectivity index (χ2n) is 9.50. The fraction of sp³-hybridized carbons (Fsp3) is 0.0645. The van der Waals surface area contributed by atoms with Crippen molar-refractivity contribution in [2.75, 3.05) is 10.2 Å². The summed E-state index contributed by atoms with van der Waals surface area (Å²) in [6.07, 6.45) is 0. The second kappa shape index (κ2) is 9.62. The van der Waals surface area contributed by atoms with Crippen LogP contribution in [0.15, 0.2) is 107 Å². The van der Waals surface area contributed by atoms with Crippen LogP contribution in [0.3, 0.4) is 0 Å². The average molecular weight is 567 g/mol. The summed E-state index contributed by atoms with van der Waals surface area (Å²) in [6, 6.07) is 29.0. The Morgan fingerprint density at radius 3 is 2.45 bits per heavy atom. The lowest BCUT2D eigenvalue weighted by Crippen LogP contribution is -2.48. The van der Waals surface area contributed by atoms with Gasteiger partial charge in [-0.25, -0.2) is 19.1 Å². The third-order valence-electron chi connectivity index (χ3n) is 7.02. The molecule has 2 aliphatic rings. The van der Waals surface area contributed by atoms with E-state index in [4.69, 9.17) is 38.3 Å². The van der Waals surface area contributed by atoms with E-state index in [0.717, 1.165) is 28.3 Å². The quantitative estimate of drug-likeness (QED) is 0.238. The lowest BCUT2D eigenvalue weighted by atomic mass is 9.92. The fourth-order valence-corrected chi connectivity index (χ4v) is 5.72. The van der Waals surface area contributed by atoms with Crippen LogP contribution in [0.1, 0.15) is 22.9 Å². The predicted octanol–water partition coefficient (Wildman–Crippen LogP) is 8.42. The molecule has 196 valence electrons. The van der Waals surface area contributed by atoms with Gasteiger partial charge in [0.15, 0.2) is 17.5 Å². The van der Waals surface area contributed by atoms with Gasteiger partial charge in [0, 0.05) is 16.1 Å². The Labute approximate surface area is 240 Å². The van der Waals surface area contributed by atoms with Crippen LogP contribution in [0.2, 0.25) is 10.0 Å². The molecule has 2 aliphatic heterocycles. The normalized spacial score (nSPS) is 16.6. The summed E-state index contributed by atoms with van der Waals surface area (Å²) in [7, 11) is 0. The van der Waals surface area contributed by atoms with E-state index in [-0.39, 0.29) is 5.82 Å². The molecule has 1 atom stereocenters. The topological polar surface area (TPSA) is 57.8 Å².